The molecule has 3 nitrogen and oxygen atoms in total. The molecule has 71 heavy (non-hydrogen) atoms. The number of fused-ring (bicyclic) bond motifs is 7. The van der Waals surface area contributed by atoms with Crippen molar-refractivity contribution in [3.8, 4) is 22.3 Å². The van der Waals surface area contributed by atoms with Gasteiger partial charge in [-0.25, -0.2) is 0 Å². The van der Waals surface area contributed by atoms with Gasteiger partial charge in [-0.3, -0.25) is 0 Å². The zero-order valence-electron chi connectivity index (χ0n) is 44.0. The summed E-state index contributed by atoms with van der Waals surface area (Å²) < 4.78 is 0. The highest BCUT2D eigenvalue weighted by Crippen LogP contribution is 2.65. The predicted octanol–water partition coefficient (Wildman–Crippen LogP) is 16.3. The largest absolute Gasteiger partial charge is 0.334 e. The molecule has 0 spiro atoms. The molecule has 1 fully saturated rings. The number of hydrogen-bond acceptors (Lipinski definition) is 3. The van der Waals surface area contributed by atoms with Crippen molar-refractivity contribution in [3.63, 3.8) is 0 Å². The molecule has 0 bridgehead atoms. The molecular formula is C67H68BN3. The number of benzene rings is 8. The van der Waals surface area contributed by atoms with E-state index < -0.39 is 0 Å². The summed E-state index contributed by atoms with van der Waals surface area (Å²) in [5, 5.41) is 0. The van der Waals surface area contributed by atoms with Gasteiger partial charge in [-0.15, -0.1) is 0 Å². The second-order valence-corrected chi connectivity index (χ2v) is 24.8. The van der Waals surface area contributed by atoms with E-state index in [4.69, 9.17) is 0 Å². The Morgan fingerprint density at radius 2 is 0.958 bits per heavy atom. The first-order valence-electron chi connectivity index (χ1n) is 26.1. The highest BCUT2D eigenvalue weighted by molar-refractivity contribution is 7.00. The van der Waals surface area contributed by atoms with Crippen molar-refractivity contribution in [1.29, 1.82) is 0 Å². The average Bonchev–Trinajstić information content (AvgIpc) is 3.47. The third-order valence-corrected chi connectivity index (χ3v) is 17.2. The van der Waals surface area contributed by atoms with Gasteiger partial charge < -0.3 is 14.7 Å². The van der Waals surface area contributed by atoms with Crippen molar-refractivity contribution in [2.45, 2.75) is 123 Å². The van der Waals surface area contributed by atoms with Gasteiger partial charge in [-0.2, -0.15) is 0 Å². The van der Waals surface area contributed by atoms with Crippen molar-refractivity contribution in [2.75, 3.05) is 14.7 Å². The van der Waals surface area contributed by atoms with Crippen LogP contribution in [-0.2, 0) is 21.7 Å². The Hall–Kier alpha value is -6.78. The molecular weight excluding hydrogens is 858 g/mol. The molecule has 2 atom stereocenters. The molecule has 0 N–H and O–H groups in total. The lowest BCUT2D eigenvalue weighted by Crippen LogP contribution is -2.62. The van der Waals surface area contributed by atoms with Crippen LogP contribution in [0.15, 0.2) is 170 Å². The number of rotatable bonds is 5. The van der Waals surface area contributed by atoms with E-state index in [0.717, 1.165) is 6.42 Å². The van der Waals surface area contributed by atoms with E-state index in [1.807, 2.05) is 0 Å². The van der Waals surface area contributed by atoms with Gasteiger partial charge >= 0.3 is 0 Å². The average molecular weight is 926 g/mol. The molecule has 12 rings (SSSR count). The Morgan fingerprint density at radius 1 is 0.423 bits per heavy atom. The molecule has 354 valence electrons. The molecule has 0 aromatic heterocycles. The van der Waals surface area contributed by atoms with Crippen molar-refractivity contribution < 1.29 is 0 Å². The topological polar surface area (TPSA) is 9.72 Å². The summed E-state index contributed by atoms with van der Waals surface area (Å²) in [4.78, 5) is 7.95. The van der Waals surface area contributed by atoms with E-state index in [2.05, 4.69) is 268 Å². The summed E-state index contributed by atoms with van der Waals surface area (Å²) in [7, 11) is 0. The zero-order chi connectivity index (χ0) is 49.6. The van der Waals surface area contributed by atoms with Crippen LogP contribution in [-0.4, -0.2) is 12.3 Å². The van der Waals surface area contributed by atoms with Gasteiger partial charge in [0.25, 0.3) is 6.71 Å². The Morgan fingerprint density at radius 3 is 1.56 bits per heavy atom. The summed E-state index contributed by atoms with van der Waals surface area (Å²) >= 11 is 0. The highest BCUT2D eigenvalue weighted by atomic mass is 15.3. The van der Waals surface area contributed by atoms with Gasteiger partial charge in [0.1, 0.15) is 0 Å². The van der Waals surface area contributed by atoms with Crippen LogP contribution in [0.1, 0.15) is 117 Å². The van der Waals surface area contributed by atoms with Crippen molar-refractivity contribution >= 4 is 68.6 Å². The van der Waals surface area contributed by atoms with Crippen LogP contribution < -0.4 is 31.1 Å². The summed E-state index contributed by atoms with van der Waals surface area (Å²) in [5.74, 6) is 0. The number of anilines is 8. The van der Waals surface area contributed by atoms with Gasteiger partial charge in [0.2, 0.25) is 0 Å². The fourth-order valence-electron chi connectivity index (χ4n) is 12.7. The molecule has 4 aliphatic rings. The molecule has 0 amide bonds. The third-order valence-electron chi connectivity index (χ3n) is 17.2. The Balaban J connectivity index is 1.14. The molecule has 0 saturated heterocycles. The van der Waals surface area contributed by atoms with E-state index in [-0.39, 0.29) is 33.9 Å². The fourth-order valence-corrected chi connectivity index (χ4v) is 12.7. The lowest BCUT2D eigenvalue weighted by molar-refractivity contribution is 0.133. The summed E-state index contributed by atoms with van der Waals surface area (Å²) in [6.45, 7) is 28.3. The first-order valence-corrected chi connectivity index (χ1v) is 26.1. The Kier molecular flexibility index (Phi) is 9.98. The maximum Gasteiger partial charge on any atom is 0.252 e. The zero-order valence-corrected chi connectivity index (χ0v) is 44.0. The minimum absolute atomic E-state index is 0.00962. The lowest BCUT2D eigenvalue weighted by Gasteiger charge is -2.56. The molecule has 0 radical (unpaired) electrons. The van der Waals surface area contributed by atoms with Gasteiger partial charge in [0.05, 0.1) is 11.2 Å². The predicted molar refractivity (Wildman–Crippen MR) is 306 cm³/mol. The van der Waals surface area contributed by atoms with Crippen LogP contribution in [0.25, 0.3) is 22.3 Å². The van der Waals surface area contributed by atoms with E-state index in [0.29, 0.717) is 0 Å². The van der Waals surface area contributed by atoms with E-state index >= 15 is 0 Å². The summed E-state index contributed by atoms with van der Waals surface area (Å²) in [6.07, 6.45) is 2.35. The normalized spacial score (nSPS) is 18.9. The SMILES string of the molecule is Cc1cc2c3c(c1)N(c1ccc(C(C)(C)C)cc1-c1ccccc1)c1cc(-c4ccccc4)ccc1B3c1ccc(N3c4ccc(C(C)(C)C)cc4C4(C)CCC34C)cc1N2c1ccc(C(C)(C)C)cc1. The molecule has 8 aromatic rings. The van der Waals surface area contributed by atoms with Crippen LogP contribution in [0.5, 0.6) is 0 Å². The fraction of sp³-hybridized carbons (Fsp3) is 0.284. The first kappa shape index (κ1) is 45.4. The quantitative estimate of drug-likeness (QED) is 0.159. The van der Waals surface area contributed by atoms with Crippen molar-refractivity contribution in [3.05, 3.63) is 198 Å². The standard InChI is InChI=1S/C67H68BN3/c1-43-37-60-62-61(38-43)70(56-33-26-48(64(5,6)7)40-52(56)45-21-17-14-18-22-45)58-39-46(44-19-15-13-16-20-44)23-31-54(58)68(62)55-32-30-51(42-59(55)69(60)50-28-24-47(25-29-50)63(2,3)4)71-57-34-27-49(65(8,9)10)41-53(57)66(11)35-36-67(66,71)12/h13-34,37-42H,35-36H2,1-12H3. The second-order valence-electron chi connectivity index (χ2n) is 24.8. The van der Waals surface area contributed by atoms with Crippen LogP contribution in [0, 0.1) is 6.92 Å². The number of nitrogens with zero attached hydrogens (tertiary/aromatic N) is 3. The lowest BCUT2D eigenvalue weighted by atomic mass is 9.33. The van der Waals surface area contributed by atoms with Crippen LogP contribution in [0.2, 0.25) is 0 Å². The molecule has 3 heterocycles. The Labute approximate surface area is 424 Å². The smallest absolute Gasteiger partial charge is 0.252 e. The molecule has 8 aromatic carbocycles. The van der Waals surface area contributed by atoms with Gasteiger partial charge in [0, 0.05) is 50.8 Å². The second kappa shape index (κ2) is 15.6. The molecule has 3 aliphatic heterocycles. The van der Waals surface area contributed by atoms with Gasteiger partial charge in [-0.05, 0) is 164 Å². The van der Waals surface area contributed by atoms with E-state index in [1.54, 1.807) is 0 Å². The van der Waals surface area contributed by atoms with Crippen molar-refractivity contribution in [2.24, 2.45) is 0 Å². The van der Waals surface area contributed by atoms with Crippen molar-refractivity contribution in [1.82, 2.24) is 0 Å². The third kappa shape index (κ3) is 6.91. The minimum atomic E-state index is -0.0413. The molecule has 1 aliphatic carbocycles. The maximum absolute atomic E-state index is 2.73. The van der Waals surface area contributed by atoms with Crippen LogP contribution in [0.4, 0.5) is 45.5 Å². The van der Waals surface area contributed by atoms with E-state index in [9.17, 15) is 0 Å². The van der Waals surface area contributed by atoms with Crippen LogP contribution >= 0.6 is 0 Å². The van der Waals surface area contributed by atoms with E-state index in [1.165, 1.54) is 118 Å². The monoisotopic (exact) mass is 926 g/mol. The first-order chi connectivity index (χ1) is 33.7. The highest BCUT2D eigenvalue weighted by Gasteiger charge is 2.63. The molecule has 1 saturated carbocycles. The van der Waals surface area contributed by atoms with Gasteiger partial charge in [0.15, 0.2) is 0 Å². The summed E-state index contributed by atoms with van der Waals surface area (Å²) in [6, 6.07) is 65.7. The summed E-state index contributed by atoms with van der Waals surface area (Å²) in [5.41, 5.74) is 25.7. The molecule has 2 unspecified atom stereocenters. The number of aryl methyl sites for hydroxylation is 1. The number of hydrogen-bond donors (Lipinski definition) is 0. The maximum atomic E-state index is 2.73. The Bertz CT molecular complexity index is 3420. The minimum Gasteiger partial charge on any atom is -0.334 e. The van der Waals surface area contributed by atoms with Crippen LogP contribution in [0.3, 0.4) is 0 Å². The molecule has 4 heteroatoms. The van der Waals surface area contributed by atoms with Gasteiger partial charge in [-0.1, -0.05) is 178 Å².